The van der Waals surface area contributed by atoms with Gasteiger partial charge in [-0.3, -0.25) is 14.7 Å². The monoisotopic (exact) mass is 294 g/mol. The SMILES string of the molecule is CCCCc1nnc(Cl)n1Cc1ccc([N+](=O)[O-])cc1. The van der Waals surface area contributed by atoms with Crippen LogP contribution in [0.15, 0.2) is 24.3 Å². The summed E-state index contributed by atoms with van der Waals surface area (Å²) in [5.74, 6) is 0.843. The first-order valence-electron chi connectivity index (χ1n) is 6.42. The molecule has 0 atom stereocenters. The molecular weight excluding hydrogens is 280 g/mol. The van der Waals surface area contributed by atoms with Crippen LogP contribution >= 0.6 is 11.6 Å². The number of aryl methyl sites for hydroxylation is 1. The minimum Gasteiger partial charge on any atom is -0.297 e. The Bertz CT molecular complexity index is 595. The summed E-state index contributed by atoms with van der Waals surface area (Å²) in [5.41, 5.74) is 1.00. The first-order chi connectivity index (χ1) is 9.61. The van der Waals surface area contributed by atoms with Crippen LogP contribution in [0.1, 0.15) is 31.2 Å². The molecule has 2 rings (SSSR count). The van der Waals surface area contributed by atoms with Gasteiger partial charge in [-0.1, -0.05) is 25.5 Å². The number of unbranched alkanes of at least 4 members (excludes halogenated alkanes) is 1. The van der Waals surface area contributed by atoms with E-state index in [9.17, 15) is 10.1 Å². The molecule has 1 aromatic carbocycles. The smallest absolute Gasteiger partial charge is 0.269 e. The molecule has 0 N–H and O–H groups in total. The maximum absolute atomic E-state index is 10.6. The lowest BCUT2D eigenvalue weighted by Crippen LogP contribution is -2.05. The molecule has 0 bridgehead atoms. The first kappa shape index (κ1) is 14.5. The summed E-state index contributed by atoms with van der Waals surface area (Å²) in [6.45, 7) is 2.63. The van der Waals surface area contributed by atoms with Crippen molar-refractivity contribution in [3.05, 3.63) is 51.1 Å². The molecule has 0 radical (unpaired) electrons. The van der Waals surface area contributed by atoms with E-state index in [-0.39, 0.29) is 5.69 Å². The Morgan fingerprint density at radius 1 is 1.30 bits per heavy atom. The predicted molar refractivity (Wildman–Crippen MR) is 75.8 cm³/mol. The second kappa shape index (κ2) is 6.47. The highest BCUT2D eigenvalue weighted by Gasteiger charge is 2.11. The van der Waals surface area contributed by atoms with Crippen molar-refractivity contribution in [1.82, 2.24) is 14.8 Å². The molecule has 6 nitrogen and oxygen atoms in total. The van der Waals surface area contributed by atoms with Gasteiger partial charge in [-0.2, -0.15) is 0 Å². The van der Waals surface area contributed by atoms with Gasteiger partial charge >= 0.3 is 0 Å². The third-order valence-electron chi connectivity index (χ3n) is 3.02. The van der Waals surface area contributed by atoms with Crippen LogP contribution in [0.5, 0.6) is 0 Å². The Morgan fingerprint density at radius 2 is 2.00 bits per heavy atom. The third-order valence-corrected chi connectivity index (χ3v) is 3.30. The minimum atomic E-state index is -0.414. The maximum atomic E-state index is 10.6. The van der Waals surface area contributed by atoms with E-state index in [1.807, 2.05) is 4.57 Å². The molecular formula is C13H15ClN4O2. The molecule has 2 aromatic rings. The summed E-state index contributed by atoms with van der Waals surface area (Å²) in [6.07, 6.45) is 2.92. The van der Waals surface area contributed by atoms with Gasteiger partial charge in [-0.05, 0) is 23.6 Å². The summed E-state index contributed by atoms with van der Waals surface area (Å²) >= 11 is 6.04. The van der Waals surface area contributed by atoms with Gasteiger partial charge in [0.25, 0.3) is 5.69 Å². The van der Waals surface area contributed by atoms with Crippen molar-refractivity contribution in [3.8, 4) is 0 Å². The zero-order valence-corrected chi connectivity index (χ0v) is 11.9. The van der Waals surface area contributed by atoms with Gasteiger partial charge in [0.05, 0.1) is 11.5 Å². The summed E-state index contributed by atoms with van der Waals surface area (Å²) in [6, 6.07) is 6.41. The van der Waals surface area contributed by atoms with Crippen LogP contribution in [0.25, 0.3) is 0 Å². The molecule has 0 spiro atoms. The maximum Gasteiger partial charge on any atom is 0.269 e. The molecule has 0 aliphatic rings. The van der Waals surface area contributed by atoms with Gasteiger partial charge in [0.15, 0.2) is 0 Å². The number of aromatic nitrogens is 3. The normalized spacial score (nSPS) is 10.7. The van der Waals surface area contributed by atoms with Gasteiger partial charge in [-0.25, -0.2) is 0 Å². The quantitative estimate of drug-likeness (QED) is 0.605. The van der Waals surface area contributed by atoms with Crippen molar-refractivity contribution in [3.63, 3.8) is 0 Å². The van der Waals surface area contributed by atoms with Gasteiger partial charge in [-0.15, -0.1) is 10.2 Å². The van der Waals surface area contributed by atoms with E-state index in [0.717, 1.165) is 30.7 Å². The van der Waals surface area contributed by atoms with Crippen molar-refractivity contribution in [2.75, 3.05) is 0 Å². The first-order valence-corrected chi connectivity index (χ1v) is 6.80. The zero-order valence-electron chi connectivity index (χ0n) is 11.1. The molecule has 20 heavy (non-hydrogen) atoms. The lowest BCUT2D eigenvalue weighted by atomic mass is 10.2. The molecule has 0 saturated carbocycles. The fourth-order valence-electron chi connectivity index (χ4n) is 1.90. The van der Waals surface area contributed by atoms with Crippen LogP contribution in [0.3, 0.4) is 0 Å². The fourth-order valence-corrected chi connectivity index (χ4v) is 2.09. The lowest BCUT2D eigenvalue weighted by Gasteiger charge is -2.07. The topological polar surface area (TPSA) is 73.8 Å². The zero-order chi connectivity index (χ0) is 14.5. The van der Waals surface area contributed by atoms with Gasteiger partial charge in [0, 0.05) is 18.6 Å². The van der Waals surface area contributed by atoms with Crippen LogP contribution in [0, 0.1) is 10.1 Å². The van der Waals surface area contributed by atoms with Crippen LogP contribution < -0.4 is 0 Å². The highest BCUT2D eigenvalue weighted by Crippen LogP contribution is 2.16. The van der Waals surface area contributed by atoms with E-state index in [2.05, 4.69) is 17.1 Å². The third kappa shape index (κ3) is 3.33. The van der Waals surface area contributed by atoms with Gasteiger partial charge in [0.2, 0.25) is 5.28 Å². The largest absolute Gasteiger partial charge is 0.297 e. The van der Waals surface area contributed by atoms with E-state index in [1.165, 1.54) is 12.1 Å². The fraction of sp³-hybridized carbons (Fsp3) is 0.385. The number of non-ortho nitro benzene ring substituents is 1. The van der Waals surface area contributed by atoms with Crippen molar-refractivity contribution in [2.45, 2.75) is 32.7 Å². The number of hydrogen-bond donors (Lipinski definition) is 0. The van der Waals surface area contributed by atoms with Gasteiger partial charge in [0.1, 0.15) is 5.82 Å². The molecule has 0 amide bonds. The van der Waals surface area contributed by atoms with Crippen molar-refractivity contribution in [2.24, 2.45) is 0 Å². The van der Waals surface area contributed by atoms with Crippen LogP contribution in [-0.4, -0.2) is 19.7 Å². The van der Waals surface area contributed by atoms with Gasteiger partial charge < -0.3 is 0 Å². The number of hydrogen-bond acceptors (Lipinski definition) is 4. The molecule has 106 valence electrons. The number of halogens is 1. The Morgan fingerprint density at radius 3 is 2.60 bits per heavy atom. The molecule has 0 aliphatic carbocycles. The molecule has 0 aliphatic heterocycles. The second-order valence-corrected chi connectivity index (χ2v) is 4.84. The standard InChI is InChI=1S/C13H15ClN4O2/c1-2-3-4-12-15-16-13(14)17(12)9-10-5-7-11(8-6-10)18(19)20/h5-8H,2-4,9H2,1H3. The average Bonchev–Trinajstić information content (AvgIpc) is 2.78. The summed E-state index contributed by atoms with van der Waals surface area (Å²) in [5, 5.41) is 18.9. The highest BCUT2D eigenvalue weighted by atomic mass is 35.5. The summed E-state index contributed by atoms with van der Waals surface area (Å²) < 4.78 is 1.83. The van der Waals surface area contributed by atoms with Crippen molar-refractivity contribution < 1.29 is 4.92 Å². The molecule has 1 aromatic heterocycles. The number of benzene rings is 1. The summed E-state index contributed by atoms with van der Waals surface area (Å²) in [7, 11) is 0. The van der Waals surface area contributed by atoms with E-state index >= 15 is 0 Å². The van der Waals surface area contributed by atoms with Crippen LogP contribution in [0.2, 0.25) is 5.28 Å². The van der Waals surface area contributed by atoms with Crippen LogP contribution in [-0.2, 0) is 13.0 Å². The van der Waals surface area contributed by atoms with Crippen molar-refractivity contribution in [1.29, 1.82) is 0 Å². The summed E-state index contributed by atoms with van der Waals surface area (Å²) in [4.78, 5) is 10.2. The minimum absolute atomic E-state index is 0.0785. The number of nitro benzene ring substituents is 1. The van der Waals surface area contributed by atoms with E-state index in [4.69, 9.17) is 11.6 Å². The number of rotatable bonds is 6. The van der Waals surface area contributed by atoms with E-state index < -0.39 is 4.92 Å². The van der Waals surface area contributed by atoms with E-state index in [0.29, 0.717) is 11.8 Å². The Labute approximate surface area is 121 Å². The molecule has 1 heterocycles. The number of nitrogens with zero attached hydrogens (tertiary/aromatic N) is 4. The Hall–Kier alpha value is -1.95. The molecule has 7 heteroatoms. The highest BCUT2D eigenvalue weighted by molar-refractivity contribution is 6.28. The molecule has 0 saturated heterocycles. The van der Waals surface area contributed by atoms with Crippen LogP contribution in [0.4, 0.5) is 5.69 Å². The predicted octanol–water partition coefficient (Wildman–Crippen LogP) is 3.23. The average molecular weight is 295 g/mol. The Kier molecular flexibility index (Phi) is 4.68. The Balaban J connectivity index is 2.16. The second-order valence-electron chi connectivity index (χ2n) is 4.50. The van der Waals surface area contributed by atoms with Crippen molar-refractivity contribution >= 4 is 17.3 Å². The van der Waals surface area contributed by atoms with E-state index in [1.54, 1.807) is 12.1 Å². The number of nitro groups is 1. The lowest BCUT2D eigenvalue weighted by molar-refractivity contribution is -0.384. The molecule has 0 fully saturated rings. The molecule has 0 unspecified atom stereocenters.